The van der Waals surface area contributed by atoms with Crippen LogP contribution >= 0.6 is 11.8 Å². The zero-order valence-corrected chi connectivity index (χ0v) is 19.1. The Morgan fingerprint density at radius 2 is 2.06 bits per heavy atom. The lowest BCUT2D eigenvalue weighted by Crippen LogP contribution is -2.43. The number of anilines is 2. The van der Waals surface area contributed by atoms with Gasteiger partial charge in [0.2, 0.25) is 0 Å². The van der Waals surface area contributed by atoms with Crippen molar-refractivity contribution in [1.82, 2.24) is 9.97 Å². The van der Waals surface area contributed by atoms with Gasteiger partial charge in [-0.25, -0.2) is 13.8 Å². The van der Waals surface area contributed by atoms with Crippen LogP contribution in [-0.2, 0) is 10.3 Å². The monoisotopic (exact) mass is 468 g/mol. The van der Waals surface area contributed by atoms with E-state index >= 15 is 4.39 Å². The van der Waals surface area contributed by atoms with E-state index in [9.17, 15) is 4.39 Å². The van der Waals surface area contributed by atoms with Crippen molar-refractivity contribution in [3.05, 3.63) is 59.4 Å². The number of halogens is 2. The van der Waals surface area contributed by atoms with Gasteiger partial charge in [0.15, 0.2) is 22.6 Å². The molecule has 0 saturated carbocycles. The van der Waals surface area contributed by atoms with E-state index in [2.05, 4.69) is 20.3 Å². The first kappa shape index (κ1) is 22.9. The number of ether oxygens (including phenoxy) is 1. The van der Waals surface area contributed by atoms with Crippen LogP contribution in [0.15, 0.2) is 41.7 Å². The predicted molar refractivity (Wildman–Crippen MR) is 125 cm³/mol. The van der Waals surface area contributed by atoms with Crippen LogP contribution in [-0.4, -0.2) is 33.6 Å². The van der Waals surface area contributed by atoms with Crippen LogP contribution in [0, 0.1) is 23.0 Å². The molecule has 2 atom stereocenters. The second-order valence-corrected chi connectivity index (χ2v) is 10.0. The van der Waals surface area contributed by atoms with Crippen LogP contribution in [0.1, 0.15) is 31.4 Å². The molecule has 0 unspecified atom stereocenters. The van der Waals surface area contributed by atoms with Crippen molar-refractivity contribution in [1.29, 1.82) is 5.26 Å². The Morgan fingerprint density at radius 3 is 2.79 bits per heavy atom. The van der Waals surface area contributed by atoms with E-state index in [4.69, 9.17) is 15.7 Å². The second kappa shape index (κ2) is 8.57. The molecule has 0 bridgehead atoms. The molecule has 1 aliphatic rings. The summed E-state index contributed by atoms with van der Waals surface area (Å²) in [5.41, 5.74) is 6.25. The van der Waals surface area contributed by atoms with Gasteiger partial charge in [0, 0.05) is 47.0 Å². The molecule has 0 saturated heterocycles. The highest BCUT2D eigenvalue weighted by atomic mass is 32.2. The number of hydrogen-bond acceptors (Lipinski definition) is 8. The quantitative estimate of drug-likeness (QED) is 0.563. The summed E-state index contributed by atoms with van der Waals surface area (Å²) in [4.78, 5) is 13.1. The molecule has 0 spiro atoms. The Labute approximate surface area is 194 Å². The van der Waals surface area contributed by atoms with E-state index < -0.39 is 21.9 Å². The van der Waals surface area contributed by atoms with Gasteiger partial charge in [-0.15, -0.1) is 0 Å². The number of thioether (sulfide) groups is 1. The number of benzene rings is 1. The average molecular weight is 469 g/mol. The Bertz CT molecular complexity index is 1310. The molecule has 10 heteroatoms. The van der Waals surface area contributed by atoms with Gasteiger partial charge >= 0.3 is 0 Å². The number of aromatic nitrogens is 2. The minimum atomic E-state index is -1.10. The highest BCUT2D eigenvalue weighted by molar-refractivity contribution is 8.15. The topological polar surface area (TPSA) is 109 Å². The number of rotatable bonds is 5. The average Bonchev–Trinajstić information content (AvgIpc) is 2.74. The number of aliphatic imine (C=N–C) groups is 1. The van der Waals surface area contributed by atoms with E-state index in [1.54, 1.807) is 32.4 Å². The summed E-state index contributed by atoms with van der Waals surface area (Å²) in [6.45, 7) is 4.07. The number of methoxy groups -OCH3 is 1. The SMILES string of the molecule is COC[C@@]1(C)C[C@@](C)(c2cc(Nc3nccc4cc(C#N)cnc34)cc(F)c2F)N=C(N)S1. The molecule has 1 aliphatic heterocycles. The third kappa shape index (κ3) is 4.47. The van der Waals surface area contributed by atoms with Gasteiger partial charge in [-0.2, -0.15) is 5.26 Å². The number of hydrogen-bond donors (Lipinski definition) is 2. The summed E-state index contributed by atoms with van der Waals surface area (Å²) >= 11 is 1.36. The normalized spacial score (nSPS) is 22.6. The van der Waals surface area contributed by atoms with Crippen molar-refractivity contribution in [2.24, 2.45) is 10.7 Å². The third-order valence-corrected chi connectivity index (χ3v) is 6.53. The fraction of sp³-hybridized carbons (Fsp3) is 0.304. The van der Waals surface area contributed by atoms with Crippen LogP contribution in [0.2, 0.25) is 0 Å². The summed E-state index contributed by atoms with van der Waals surface area (Å²) < 4.78 is 34.6. The molecular formula is C23H22F2N6OS. The minimum Gasteiger partial charge on any atom is -0.383 e. The molecule has 3 heterocycles. The Hall–Kier alpha value is -3.29. The second-order valence-electron chi connectivity index (χ2n) is 8.40. The largest absolute Gasteiger partial charge is 0.383 e. The molecule has 4 rings (SSSR count). The highest BCUT2D eigenvalue weighted by Gasteiger charge is 2.44. The first-order valence-electron chi connectivity index (χ1n) is 10.1. The third-order valence-electron chi connectivity index (χ3n) is 5.48. The van der Waals surface area contributed by atoms with Gasteiger partial charge in [-0.05, 0) is 38.5 Å². The smallest absolute Gasteiger partial charge is 0.164 e. The van der Waals surface area contributed by atoms with Gasteiger partial charge in [-0.1, -0.05) is 11.8 Å². The summed E-state index contributed by atoms with van der Waals surface area (Å²) in [7, 11) is 1.58. The van der Waals surface area contributed by atoms with Crippen molar-refractivity contribution in [2.75, 3.05) is 19.0 Å². The first-order chi connectivity index (χ1) is 15.7. The molecule has 3 N–H and O–H groups in total. The summed E-state index contributed by atoms with van der Waals surface area (Å²) in [6.07, 6.45) is 3.37. The zero-order valence-electron chi connectivity index (χ0n) is 18.3. The predicted octanol–water partition coefficient (Wildman–Crippen LogP) is 4.60. The molecule has 3 aromatic rings. The lowest BCUT2D eigenvalue weighted by atomic mass is 9.83. The molecule has 0 fully saturated rings. The van der Waals surface area contributed by atoms with Crippen LogP contribution in [0.4, 0.5) is 20.3 Å². The molecule has 2 aromatic heterocycles. The van der Waals surface area contributed by atoms with Crippen LogP contribution < -0.4 is 11.1 Å². The van der Waals surface area contributed by atoms with Crippen molar-refractivity contribution in [3.63, 3.8) is 0 Å². The molecule has 33 heavy (non-hydrogen) atoms. The molecule has 1 aromatic carbocycles. The number of pyridine rings is 2. The van der Waals surface area contributed by atoms with Crippen LogP contribution in [0.25, 0.3) is 10.9 Å². The number of nitrogens with zero attached hydrogens (tertiary/aromatic N) is 4. The first-order valence-corrected chi connectivity index (χ1v) is 10.9. The number of nitrogens with two attached hydrogens (primary N) is 1. The number of nitriles is 1. The number of nitrogens with one attached hydrogen (secondary N) is 1. The molecule has 170 valence electrons. The Balaban J connectivity index is 1.77. The number of amidine groups is 1. The fourth-order valence-electron chi connectivity index (χ4n) is 4.27. The van der Waals surface area contributed by atoms with Gasteiger partial charge in [-0.3, -0.25) is 9.98 Å². The highest BCUT2D eigenvalue weighted by Crippen LogP contribution is 2.46. The standard InChI is InChI=1S/C23H22F2N6OS/c1-22(12-32-3)11-23(2,31-21(27)33-22)16-7-15(8-17(24)18(16)25)30-20-19-14(4-5-28-20)6-13(9-26)10-29-19/h4-8,10H,11-12H2,1-3H3,(H2,27,31)(H,28,30)/t22-,23+/m1/s1. The summed E-state index contributed by atoms with van der Waals surface area (Å²) in [5, 5.41) is 13.1. The Morgan fingerprint density at radius 1 is 1.27 bits per heavy atom. The molecule has 0 amide bonds. The van der Waals surface area contributed by atoms with E-state index in [0.29, 0.717) is 35.3 Å². The van der Waals surface area contributed by atoms with Gasteiger partial charge < -0.3 is 15.8 Å². The molecular weight excluding hydrogens is 446 g/mol. The summed E-state index contributed by atoms with van der Waals surface area (Å²) in [5.74, 6) is -1.64. The Kier molecular flexibility index (Phi) is 5.95. The number of fused-ring (bicyclic) bond motifs is 1. The summed E-state index contributed by atoms with van der Waals surface area (Å²) in [6, 6.07) is 8.02. The molecule has 0 aliphatic carbocycles. The van der Waals surface area contributed by atoms with Gasteiger partial charge in [0.25, 0.3) is 0 Å². The van der Waals surface area contributed by atoms with Crippen molar-refractivity contribution in [3.8, 4) is 6.07 Å². The lowest BCUT2D eigenvalue weighted by Gasteiger charge is -2.41. The zero-order chi connectivity index (χ0) is 23.8. The van der Waals surface area contributed by atoms with E-state index in [1.807, 2.05) is 13.0 Å². The molecule has 7 nitrogen and oxygen atoms in total. The van der Waals surface area contributed by atoms with Gasteiger partial charge in [0.05, 0.1) is 17.7 Å². The van der Waals surface area contributed by atoms with E-state index in [1.165, 1.54) is 24.0 Å². The van der Waals surface area contributed by atoms with Crippen molar-refractivity contribution < 1.29 is 13.5 Å². The fourth-order valence-corrected chi connectivity index (χ4v) is 5.55. The molecule has 0 radical (unpaired) electrons. The van der Waals surface area contributed by atoms with Gasteiger partial charge in [0.1, 0.15) is 11.6 Å². The maximum Gasteiger partial charge on any atom is 0.164 e. The van der Waals surface area contributed by atoms with E-state index in [0.717, 1.165) is 6.07 Å². The van der Waals surface area contributed by atoms with Crippen molar-refractivity contribution in [2.45, 2.75) is 30.6 Å². The maximum absolute atomic E-state index is 15.0. The van der Waals surface area contributed by atoms with Crippen LogP contribution in [0.5, 0.6) is 0 Å². The lowest BCUT2D eigenvalue weighted by molar-refractivity contribution is 0.157. The van der Waals surface area contributed by atoms with Crippen molar-refractivity contribution >= 4 is 39.3 Å². The van der Waals surface area contributed by atoms with E-state index in [-0.39, 0.29) is 16.4 Å². The maximum atomic E-state index is 15.0. The van der Waals surface area contributed by atoms with Crippen LogP contribution in [0.3, 0.4) is 0 Å². The minimum absolute atomic E-state index is 0.0792.